The summed E-state index contributed by atoms with van der Waals surface area (Å²) in [4.78, 5) is 11.0. The van der Waals surface area contributed by atoms with Crippen LogP contribution in [0.3, 0.4) is 0 Å². The quantitative estimate of drug-likeness (QED) is 0.833. The SMILES string of the molecule is CCn1nnc2c1CC(C(C)C(=O)O)CC2. The fourth-order valence-corrected chi connectivity index (χ4v) is 2.34. The van der Waals surface area contributed by atoms with Gasteiger partial charge in [-0.25, -0.2) is 4.68 Å². The van der Waals surface area contributed by atoms with Gasteiger partial charge in [0.2, 0.25) is 0 Å². The molecule has 1 aliphatic carbocycles. The van der Waals surface area contributed by atoms with Gasteiger partial charge < -0.3 is 5.11 Å². The largest absolute Gasteiger partial charge is 0.481 e. The Hall–Kier alpha value is -1.39. The van der Waals surface area contributed by atoms with Crippen LogP contribution in [0.5, 0.6) is 0 Å². The Morgan fingerprint density at radius 2 is 2.44 bits per heavy atom. The molecule has 88 valence electrons. The number of carboxylic acids is 1. The van der Waals surface area contributed by atoms with Crippen molar-refractivity contribution in [1.82, 2.24) is 15.0 Å². The fourth-order valence-electron chi connectivity index (χ4n) is 2.34. The standard InChI is InChI=1S/C11H17N3O2/c1-3-14-10-6-8(7(2)11(15)16)4-5-9(10)12-13-14/h7-8H,3-6H2,1-2H3,(H,15,16). The Balaban J connectivity index is 2.19. The zero-order valence-electron chi connectivity index (χ0n) is 9.68. The second-order valence-corrected chi connectivity index (χ2v) is 4.43. The van der Waals surface area contributed by atoms with Gasteiger partial charge in [-0.15, -0.1) is 5.10 Å². The van der Waals surface area contributed by atoms with Gasteiger partial charge in [0.1, 0.15) is 0 Å². The average molecular weight is 223 g/mol. The molecule has 1 heterocycles. The molecule has 1 N–H and O–H groups in total. The van der Waals surface area contributed by atoms with Crippen molar-refractivity contribution in [1.29, 1.82) is 0 Å². The Bertz CT molecular complexity index is 386. The number of aryl methyl sites for hydroxylation is 2. The average Bonchev–Trinajstić information content (AvgIpc) is 2.69. The second kappa shape index (κ2) is 4.23. The lowest BCUT2D eigenvalue weighted by atomic mass is 9.81. The maximum atomic E-state index is 11.0. The van der Waals surface area contributed by atoms with Gasteiger partial charge in [-0.1, -0.05) is 12.1 Å². The monoisotopic (exact) mass is 223 g/mol. The van der Waals surface area contributed by atoms with E-state index < -0.39 is 5.97 Å². The molecular weight excluding hydrogens is 206 g/mol. The lowest BCUT2D eigenvalue weighted by Crippen LogP contribution is -2.27. The summed E-state index contributed by atoms with van der Waals surface area (Å²) in [6, 6.07) is 0. The van der Waals surface area contributed by atoms with Crippen LogP contribution in [0.1, 0.15) is 31.7 Å². The van der Waals surface area contributed by atoms with Crippen molar-refractivity contribution >= 4 is 5.97 Å². The van der Waals surface area contributed by atoms with E-state index in [1.165, 1.54) is 0 Å². The summed E-state index contributed by atoms with van der Waals surface area (Å²) in [5.74, 6) is -0.772. The molecule has 0 fully saturated rings. The molecule has 2 rings (SSSR count). The van der Waals surface area contributed by atoms with Gasteiger partial charge in [-0.3, -0.25) is 4.79 Å². The minimum Gasteiger partial charge on any atom is -0.481 e. The van der Waals surface area contributed by atoms with Crippen molar-refractivity contribution in [2.45, 2.75) is 39.7 Å². The van der Waals surface area contributed by atoms with Gasteiger partial charge in [0.05, 0.1) is 17.3 Å². The maximum Gasteiger partial charge on any atom is 0.306 e. The molecule has 0 radical (unpaired) electrons. The van der Waals surface area contributed by atoms with Crippen LogP contribution in [0.2, 0.25) is 0 Å². The van der Waals surface area contributed by atoms with E-state index >= 15 is 0 Å². The van der Waals surface area contributed by atoms with E-state index in [4.69, 9.17) is 5.11 Å². The smallest absolute Gasteiger partial charge is 0.306 e. The molecule has 1 aliphatic rings. The molecule has 5 nitrogen and oxygen atoms in total. The molecule has 0 saturated heterocycles. The van der Waals surface area contributed by atoms with E-state index in [1.807, 2.05) is 11.6 Å². The van der Waals surface area contributed by atoms with Gasteiger partial charge in [-0.2, -0.15) is 0 Å². The van der Waals surface area contributed by atoms with Crippen molar-refractivity contribution in [3.8, 4) is 0 Å². The predicted octanol–water partition coefficient (Wildman–Crippen LogP) is 1.12. The van der Waals surface area contributed by atoms with Gasteiger partial charge in [0.25, 0.3) is 0 Å². The topological polar surface area (TPSA) is 68.0 Å². The molecule has 1 aromatic rings. The summed E-state index contributed by atoms with van der Waals surface area (Å²) >= 11 is 0. The zero-order valence-corrected chi connectivity index (χ0v) is 9.68. The molecule has 1 aromatic heterocycles. The van der Waals surface area contributed by atoms with Crippen molar-refractivity contribution in [3.63, 3.8) is 0 Å². The number of aliphatic carboxylic acids is 1. The van der Waals surface area contributed by atoms with Crippen molar-refractivity contribution in [2.75, 3.05) is 0 Å². The fraction of sp³-hybridized carbons (Fsp3) is 0.727. The molecule has 2 unspecified atom stereocenters. The second-order valence-electron chi connectivity index (χ2n) is 4.43. The summed E-state index contributed by atoms with van der Waals surface area (Å²) in [7, 11) is 0. The van der Waals surface area contributed by atoms with Crippen LogP contribution in [0, 0.1) is 11.8 Å². The zero-order chi connectivity index (χ0) is 11.7. The molecule has 16 heavy (non-hydrogen) atoms. The van der Waals surface area contributed by atoms with Crippen LogP contribution in [-0.4, -0.2) is 26.1 Å². The number of carbonyl (C=O) groups is 1. The molecule has 0 spiro atoms. The molecule has 2 atom stereocenters. The van der Waals surface area contributed by atoms with Crippen molar-refractivity contribution in [2.24, 2.45) is 11.8 Å². The first-order valence-electron chi connectivity index (χ1n) is 5.77. The van der Waals surface area contributed by atoms with E-state index in [-0.39, 0.29) is 11.8 Å². The maximum absolute atomic E-state index is 11.0. The summed E-state index contributed by atoms with van der Waals surface area (Å²) in [5, 5.41) is 17.2. The van der Waals surface area contributed by atoms with Crippen LogP contribution >= 0.6 is 0 Å². The van der Waals surface area contributed by atoms with E-state index in [0.717, 1.165) is 37.2 Å². The number of carboxylic acid groups (broad SMARTS) is 1. The van der Waals surface area contributed by atoms with E-state index in [1.54, 1.807) is 6.92 Å². The van der Waals surface area contributed by atoms with Crippen LogP contribution in [0.25, 0.3) is 0 Å². The number of fused-ring (bicyclic) bond motifs is 1. The van der Waals surface area contributed by atoms with Crippen molar-refractivity contribution < 1.29 is 9.90 Å². The summed E-state index contributed by atoms with van der Waals surface area (Å²) in [6.07, 6.45) is 2.56. The number of hydrogen-bond donors (Lipinski definition) is 1. The highest BCUT2D eigenvalue weighted by Gasteiger charge is 2.30. The van der Waals surface area contributed by atoms with Gasteiger partial charge in [0.15, 0.2) is 0 Å². The van der Waals surface area contributed by atoms with Crippen LogP contribution in [0.4, 0.5) is 0 Å². The highest BCUT2D eigenvalue weighted by atomic mass is 16.4. The molecular formula is C11H17N3O2. The van der Waals surface area contributed by atoms with Crippen LogP contribution < -0.4 is 0 Å². The molecule has 0 aliphatic heterocycles. The van der Waals surface area contributed by atoms with Crippen LogP contribution in [0.15, 0.2) is 0 Å². The number of hydrogen-bond acceptors (Lipinski definition) is 3. The molecule has 0 aromatic carbocycles. The summed E-state index contributed by atoms with van der Waals surface area (Å²) in [6.45, 7) is 4.62. The predicted molar refractivity (Wildman–Crippen MR) is 58.0 cm³/mol. The minimum atomic E-state index is -0.705. The Morgan fingerprint density at radius 3 is 3.06 bits per heavy atom. The number of aromatic nitrogens is 3. The Kier molecular flexibility index (Phi) is 2.94. The molecule has 0 saturated carbocycles. The van der Waals surface area contributed by atoms with Crippen LogP contribution in [-0.2, 0) is 24.2 Å². The first-order valence-corrected chi connectivity index (χ1v) is 5.77. The van der Waals surface area contributed by atoms with E-state index in [2.05, 4.69) is 10.3 Å². The first kappa shape index (κ1) is 11.1. The first-order chi connectivity index (χ1) is 7.63. The van der Waals surface area contributed by atoms with E-state index in [9.17, 15) is 4.79 Å². The highest BCUT2D eigenvalue weighted by molar-refractivity contribution is 5.70. The normalized spacial score (nSPS) is 21.5. The third kappa shape index (κ3) is 1.81. The molecule has 0 amide bonds. The Labute approximate surface area is 94.5 Å². The molecule has 0 bridgehead atoms. The lowest BCUT2D eigenvalue weighted by Gasteiger charge is -2.25. The van der Waals surface area contributed by atoms with Gasteiger partial charge in [0, 0.05) is 6.54 Å². The lowest BCUT2D eigenvalue weighted by molar-refractivity contribution is -0.143. The van der Waals surface area contributed by atoms with Crippen molar-refractivity contribution in [3.05, 3.63) is 11.4 Å². The summed E-state index contributed by atoms with van der Waals surface area (Å²) in [5.41, 5.74) is 2.18. The molecule has 5 heteroatoms. The number of rotatable bonds is 3. The Morgan fingerprint density at radius 1 is 1.69 bits per heavy atom. The number of nitrogens with zero attached hydrogens (tertiary/aromatic N) is 3. The third-order valence-corrected chi connectivity index (χ3v) is 3.52. The minimum absolute atomic E-state index is 0.216. The van der Waals surface area contributed by atoms with Gasteiger partial charge in [-0.05, 0) is 32.1 Å². The third-order valence-electron chi connectivity index (χ3n) is 3.52. The van der Waals surface area contributed by atoms with Gasteiger partial charge >= 0.3 is 5.97 Å². The van der Waals surface area contributed by atoms with E-state index in [0.29, 0.717) is 0 Å². The summed E-state index contributed by atoms with van der Waals surface area (Å²) < 4.78 is 1.88. The highest BCUT2D eigenvalue weighted by Crippen LogP contribution is 2.29.